The zero-order valence-corrected chi connectivity index (χ0v) is 15.0. The van der Waals surface area contributed by atoms with Crippen LogP contribution in [-0.2, 0) is 0 Å². The van der Waals surface area contributed by atoms with E-state index in [1.165, 1.54) is 11.1 Å². The van der Waals surface area contributed by atoms with Crippen molar-refractivity contribution in [1.29, 1.82) is 0 Å². The second-order valence-corrected chi connectivity index (χ2v) is 7.54. The molecule has 2 heteroatoms. The van der Waals surface area contributed by atoms with E-state index in [2.05, 4.69) is 39.8 Å². The minimum Gasteiger partial charge on any atom is -0.389 e. The molecule has 1 aliphatic carbocycles. The van der Waals surface area contributed by atoms with Crippen LogP contribution in [0.4, 0.5) is 0 Å². The molecular weight excluding hydrogens is 272 g/mol. The Bertz CT molecular complexity index is 427. The molecule has 0 aromatic rings. The first-order valence-electron chi connectivity index (χ1n) is 8.62. The highest BCUT2D eigenvalue weighted by Crippen LogP contribution is 2.25. The lowest BCUT2D eigenvalue weighted by atomic mass is 9.86. The van der Waals surface area contributed by atoms with Crippen LogP contribution in [-0.4, -0.2) is 21.9 Å². The van der Waals surface area contributed by atoms with Gasteiger partial charge < -0.3 is 10.2 Å². The van der Waals surface area contributed by atoms with E-state index < -0.39 is 11.7 Å². The molecule has 0 saturated heterocycles. The molecule has 0 spiro atoms. The van der Waals surface area contributed by atoms with Gasteiger partial charge in [0.25, 0.3) is 0 Å². The highest BCUT2D eigenvalue weighted by molar-refractivity contribution is 5.10. The van der Waals surface area contributed by atoms with Crippen molar-refractivity contribution in [2.75, 3.05) is 0 Å². The van der Waals surface area contributed by atoms with Crippen molar-refractivity contribution in [3.63, 3.8) is 0 Å². The van der Waals surface area contributed by atoms with Gasteiger partial charge in [-0.15, -0.1) is 0 Å². The third kappa shape index (κ3) is 7.42. The molecule has 1 rings (SSSR count). The summed E-state index contributed by atoms with van der Waals surface area (Å²) in [6.07, 6.45) is 12.2. The van der Waals surface area contributed by atoms with Gasteiger partial charge >= 0.3 is 0 Å². The van der Waals surface area contributed by atoms with Crippen molar-refractivity contribution in [2.45, 2.75) is 78.4 Å². The van der Waals surface area contributed by atoms with E-state index in [4.69, 9.17) is 0 Å². The third-order valence-electron chi connectivity index (χ3n) is 4.56. The Balaban J connectivity index is 2.97. The molecule has 0 bridgehead atoms. The molecule has 0 saturated carbocycles. The first-order valence-corrected chi connectivity index (χ1v) is 8.62. The van der Waals surface area contributed by atoms with Crippen LogP contribution in [0.3, 0.4) is 0 Å². The normalized spacial score (nSPS) is 38.5. The van der Waals surface area contributed by atoms with Crippen molar-refractivity contribution in [1.82, 2.24) is 0 Å². The number of aliphatic hydroxyl groups is 2. The fourth-order valence-electron chi connectivity index (χ4n) is 2.99. The number of hydrogen-bond donors (Lipinski definition) is 2. The van der Waals surface area contributed by atoms with E-state index in [0.29, 0.717) is 18.3 Å². The molecule has 22 heavy (non-hydrogen) atoms. The predicted octanol–water partition coefficient (Wildman–Crippen LogP) is 4.78. The van der Waals surface area contributed by atoms with Crippen LogP contribution in [0.2, 0.25) is 0 Å². The maximum Gasteiger partial charge on any atom is 0.0827 e. The molecule has 2 N–H and O–H groups in total. The van der Waals surface area contributed by atoms with E-state index in [-0.39, 0.29) is 0 Å². The number of rotatable bonds is 1. The molecule has 2 nitrogen and oxygen atoms in total. The van der Waals surface area contributed by atoms with Crippen molar-refractivity contribution in [3.05, 3.63) is 35.5 Å². The topological polar surface area (TPSA) is 40.5 Å². The largest absolute Gasteiger partial charge is 0.389 e. The quantitative estimate of drug-likeness (QED) is 0.684. The monoisotopic (exact) mass is 306 g/mol. The van der Waals surface area contributed by atoms with Crippen molar-refractivity contribution >= 4 is 0 Å². The standard InChI is InChI=1S/C20H34O2/c1-15(2)18-10-9-16(3)7-6-8-17(4)13-19(21)14-20(5,22)12-11-18/h7,11-13,15,18-19,21-22H,6,8-10,14H2,1-5H3/b12-11+,16-7-,17-13+/t18-,19+,20+/m1/s1. The highest BCUT2D eigenvalue weighted by Gasteiger charge is 2.21. The first-order chi connectivity index (χ1) is 10.2. The summed E-state index contributed by atoms with van der Waals surface area (Å²) < 4.78 is 0. The van der Waals surface area contributed by atoms with Gasteiger partial charge in [0, 0.05) is 6.42 Å². The van der Waals surface area contributed by atoms with Gasteiger partial charge in [-0.25, -0.2) is 0 Å². The van der Waals surface area contributed by atoms with E-state index >= 15 is 0 Å². The summed E-state index contributed by atoms with van der Waals surface area (Å²) in [5.74, 6) is 1.02. The zero-order valence-electron chi connectivity index (χ0n) is 15.0. The smallest absolute Gasteiger partial charge is 0.0827 e. The minimum atomic E-state index is -0.960. The second-order valence-electron chi connectivity index (χ2n) is 7.54. The Kier molecular flexibility index (Phi) is 7.58. The van der Waals surface area contributed by atoms with Crippen LogP contribution in [0.15, 0.2) is 35.5 Å². The number of allylic oxidation sites excluding steroid dienone is 4. The molecule has 0 heterocycles. The van der Waals surface area contributed by atoms with E-state index in [1.807, 2.05) is 12.2 Å². The van der Waals surface area contributed by atoms with Crippen LogP contribution in [0.25, 0.3) is 0 Å². The van der Waals surface area contributed by atoms with Crippen LogP contribution in [0.5, 0.6) is 0 Å². The lowest BCUT2D eigenvalue weighted by Crippen LogP contribution is -2.27. The Hall–Kier alpha value is -0.860. The molecular formula is C20H34O2. The Morgan fingerprint density at radius 1 is 1.18 bits per heavy atom. The van der Waals surface area contributed by atoms with Gasteiger partial charge in [0.1, 0.15) is 0 Å². The van der Waals surface area contributed by atoms with Crippen molar-refractivity contribution in [3.8, 4) is 0 Å². The van der Waals surface area contributed by atoms with Crippen LogP contribution < -0.4 is 0 Å². The Morgan fingerprint density at radius 2 is 1.86 bits per heavy atom. The fourth-order valence-corrected chi connectivity index (χ4v) is 2.99. The van der Waals surface area contributed by atoms with Crippen LogP contribution in [0, 0.1) is 11.8 Å². The molecule has 0 fully saturated rings. The molecule has 0 aliphatic heterocycles. The summed E-state index contributed by atoms with van der Waals surface area (Å²) in [5.41, 5.74) is 1.67. The van der Waals surface area contributed by atoms with E-state index in [0.717, 1.165) is 25.7 Å². The van der Waals surface area contributed by atoms with Crippen molar-refractivity contribution < 1.29 is 10.2 Å². The Morgan fingerprint density at radius 3 is 2.50 bits per heavy atom. The first kappa shape index (κ1) is 19.2. The summed E-state index contributed by atoms with van der Waals surface area (Å²) in [4.78, 5) is 0. The summed E-state index contributed by atoms with van der Waals surface area (Å²) >= 11 is 0. The highest BCUT2D eigenvalue weighted by atomic mass is 16.3. The molecule has 0 amide bonds. The average Bonchev–Trinajstić information content (AvgIpc) is 2.36. The van der Waals surface area contributed by atoms with E-state index in [9.17, 15) is 10.2 Å². The lowest BCUT2D eigenvalue weighted by molar-refractivity contribution is 0.0565. The van der Waals surface area contributed by atoms with Gasteiger partial charge in [-0.2, -0.15) is 0 Å². The molecule has 0 radical (unpaired) electrons. The minimum absolute atomic E-state index is 0.348. The summed E-state index contributed by atoms with van der Waals surface area (Å²) in [6, 6.07) is 0. The summed E-state index contributed by atoms with van der Waals surface area (Å²) in [6.45, 7) is 10.5. The second kappa shape index (κ2) is 8.69. The summed E-state index contributed by atoms with van der Waals surface area (Å²) in [7, 11) is 0. The van der Waals surface area contributed by atoms with Crippen molar-refractivity contribution in [2.24, 2.45) is 11.8 Å². The molecule has 3 atom stereocenters. The Labute approximate surface area is 136 Å². The molecule has 1 aliphatic rings. The molecule has 0 aromatic heterocycles. The van der Waals surface area contributed by atoms with Gasteiger partial charge in [-0.05, 0) is 58.3 Å². The number of aliphatic hydroxyl groups excluding tert-OH is 1. The molecule has 0 aromatic carbocycles. The van der Waals surface area contributed by atoms with Gasteiger partial charge in [0.2, 0.25) is 0 Å². The van der Waals surface area contributed by atoms with E-state index in [1.54, 1.807) is 6.92 Å². The molecule has 0 unspecified atom stereocenters. The van der Waals surface area contributed by atoms with Gasteiger partial charge in [-0.3, -0.25) is 0 Å². The maximum absolute atomic E-state index is 10.5. The fraction of sp³-hybridized carbons (Fsp3) is 0.700. The predicted molar refractivity (Wildman–Crippen MR) is 94.7 cm³/mol. The summed E-state index contributed by atoms with van der Waals surface area (Å²) in [5, 5.41) is 20.7. The maximum atomic E-state index is 10.5. The van der Waals surface area contributed by atoms with Gasteiger partial charge in [0.05, 0.1) is 11.7 Å². The lowest BCUT2D eigenvalue weighted by Gasteiger charge is -2.24. The van der Waals surface area contributed by atoms with Crippen LogP contribution in [0.1, 0.15) is 66.7 Å². The number of hydrogen-bond acceptors (Lipinski definition) is 2. The van der Waals surface area contributed by atoms with Crippen LogP contribution >= 0.6 is 0 Å². The molecule has 126 valence electrons. The third-order valence-corrected chi connectivity index (χ3v) is 4.56. The van der Waals surface area contributed by atoms with Gasteiger partial charge in [0.15, 0.2) is 0 Å². The SMILES string of the molecule is C/C1=C/CC/C(C)=C/[C@H](O)C[C@@](C)(O)/C=C/[C@H](C(C)C)CC1. The zero-order chi connectivity index (χ0) is 16.8. The van der Waals surface area contributed by atoms with Gasteiger partial charge in [-0.1, -0.05) is 49.3 Å². The average molecular weight is 306 g/mol.